The van der Waals surface area contributed by atoms with Crippen LogP contribution in [0.1, 0.15) is 29.8 Å². The van der Waals surface area contributed by atoms with Gasteiger partial charge >= 0.3 is 0 Å². The average molecular weight is 413 g/mol. The summed E-state index contributed by atoms with van der Waals surface area (Å²) in [5.41, 5.74) is 0.933. The van der Waals surface area contributed by atoms with Crippen LogP contribution in [0.3, 0.4) is 0 Å². The van der Waals surface area contributed by atoms with Gasteiger partial charge in [0.2, 0.25) is 10.0 Å². The number of carbonyl (C=O) groups excluding carboxylic acids is 1. The Hall–Kier alpha value is -1.96. The monoisotopic (exact) mass is 412 g/mol. The number of amides is 1. The van der Waals surface area contributed by atoms with E-state index in [0.717, 1.165) is 22.0 Å². The zero-order valence-electron chi connectivity index (χ0n) is 15.4. The molecule has 0 saturated heterocycles. The maximum atomic E-state index is 14.2. The van der Waals surface area contributed by atoms with Crippen molar-refractivity contribution in [1.29, 1.82) is 0 Å². The summed E-state index contributed by atoms with van der Waals surface area (Å²) in [6, 6.07) is 10.5. The lowest BCUT2D eigenvalue weighted by atomic mass is 10.1. The first kappa shape index (κ1) is 21.3. The third kappa shape index (κ3) is 4.86. The fraction of sp³-hybridized carbons (Fsp3) is 0.316. The van der Waals surface area contributed by atoms with Crippen LogP contribution >= 0.6 is 11.6 Å². The van der Waals surface area contributed by atoms with Crippen LogP contribution in [0.4, 0.5) is 4.39 Å². The molecule has 0 fully saturated rings. The molecule has 8 heteroatoms. The minimum absolute atomic E-state index is 0.103. The van der Waals surface area contributed by atoms with Gasteiger partial charge in [-0.25, -0.2) is 12.8 Å². The summed E-state index contributed by atoms with van der Waals surface area (Å²) >= 11 is 5.95. The third-order valence-electron chi connectivity index (χ3n) is 4.16. The van der Waals surface area contributed by atoms with Crippen molar-refractivity contribution in [2.75, 3.05) is 20.1 Å². The molecule has 0 aromatic heterocycles. The van der Waals surface area contributed by atoms with Crippen LogP contribution in [0, 0.1) is 5.82 Å². The highest BCUT2D eigenvalue weighted by Crippen LogP contribution is 2.22. The van der Waals surface area contributed by atoms with E-state index in [4.69, 9.17) is 11.6 Å². The largest absolute Gasteiger partial charge is 0.337 e. The predicted octanol–water partition coefficient (Wildman–Crippen LogP) is 3.78. The molecule has 2 rings (SSSR count). The maximum absolute atomic E-state index is 14.2. The second-order valence-corrected chi connectivity index (χ2v) is 8.37. The summed E-state index contributed by atoms with van der Waals surface area (Å²) in [6.45, 7) is 4.06. The highest BCUT2D eigenvalue weighted by Gasteiger charge is 2.27. The fourth-order valence-corrected chi connectivity index (χ4v) is 4.50. The number of halogens is 2. The topological polar surface area (TPSA) is 57.7 Å². The van der Waals surface area contributed by atoms with E-state index in [2.05, 4.69) is 0 Å². The molecule has 0 N–H and O–H groups in total. The number of benzene rings is 2. The summed E-state index contributed by atoms with van der Waals surface area (Å²) in [5.74, 6) is -1.29. The molecule has 1 amide bonds. The van der Waals surface area contributed by atoms with Crippen LogP contribution in [0.2, 0.25) is 5.02 Å². The minimum atomic E-state index is -4.01. The van der Waals surface area contributed by atoms with Gasteiger partial charge < -0.3 is 4.90 Å². The Kier molecular flexibility index (Phi) is 6.97. The molecular formula is C19H22ClFN2O3S. The van der Waals surface area contributed by atoms with Crippen molar-refractivity contribution in [2.24, 2.45) is 0 Å². The van der Waals surface area contributed by atoms with E-state index in [1.807, 2.05) is 6.07 Å². The van der Waals surface area contributed by atoms with Gasteiger partial charge in [0.1, 0.15) is 10.7 Å². The molecule has 0 saturated carbocycles. The number of hydrogen-bond acceptors (Lipinski definition) is 3. The molecule has 146 valence electrons. The Bertz CT molecular complexity index is 930. The Morgan fingerprint density at radius 1 is 1.11 bits per heavy atom. The Morgan fingerprint density at radius 3 is 2.37 bits per heavy atom. The summed E-state index contributed by atoms with van der Waals surface area (Å²) in [4.78, 5) is 13.6. The van der Waals surface area contributed by atoms with Gasteiger partial charge in [0.25, 0.3) is 5.91 Å². The quantitative estimate of drug-likeness (QED) is 0.695. The van der Waals surface area contributed by atoms with Gasteiger partial charge in [-0.1, -0.05) is 37.6 Å². The molecule has 0 atom stereocenters. The smallest absolute Gasteiger partial charge is 0.253 e. The highest BCUT2D eigenvalue weighted by molar-refractivity contribution is 7.89. The summed E-state index contributed by atoms with van der Waals surface area (Å²) < 4.78 is 40.6. The summed E-state index contributed by atoms with van der Waals surface area (Å²) in [6.07, 6.45) is 0. The number of sulfonamides is 1. The lowest BCUT2D eigenvalue weighted by molar-refractivity contribution is 0.0784. The lowest BCUT2D eigenvalue weighted by Crippen LogP contribution is -2.32. The van der Waals surface area contributed by atoms with Gasteiger partial charge in [-0.15, -0.1) is 0 Å². The van der Waals surface area contributed by atoms with E-state index in [1.54, 1.807) is 39.1 Å². The van der Waals surface area contributed by atoms with E-state index in [1.165, 1.54) is 11.0 Å². The molecule has 0 spiro atoms. The summed E-state index contributed by atoms with van der Waals surface area (Å²) in [5, 5.41) is 0.558. The van der Waals surface area contributed by atoms with Gasteiger partial charge in [-0.3, -0.25) is 4.79 Å². The van der Waals surface area contributed by atoms with Crippen LogP contribution in [-0.2, 0) is 16.6 Å². The number of rotatable bonds is 7. The first-order valence-electron chi connectivity index (χ1n) is 8.50. The molecule has 0 aliphatic heterocycles. The van der Waals surface area contributed by atoms with Gasteiger partial charge in [0.05, 0.1) is 0 Å². The second-order valence-electron chi connectivity index (χ2n) is 6.03. The highest BCUT2D eigenvalue weighted by atomic mass is 35.5. The first-order valence-corrected chi connectivity index (χ1v) is 10.3. The predicted molar refractivity (Wildman–Crippen MR) is 104 cm³/mol. The number of nitrogens with zero attached hydrogens (tertiary/aromatic N) is 2. The molecule has 27 heavy (non-hydrogen) atoms. The van der Waals surface area contributed by atoms with Crippen LogP contribution in [0.15, 0.2) is 47.4 Å². The zero-order chi connectivity index (χ0) is 20.2. The molecule has 2 aromatic carbocycles. The number of carbonyl (C=O) groups is 1. The van der Waals surface area contributed by atoms with E-state index in [0.29, 0.717) is 5.02 Å². The summed E-state index contributed by atoms with van der Waals surface area (Å²) in [7, 11) is -2.42. The first-order chi connectivity index (χ1) is 12.7. The molecule has 0 radical (unpaired) electrons. The van der Waals surface area contributed by atoms with Crippen molar-refractivity contribution in [1.82, 2.24) is 9.21 Å². The van der Waals surface area contributed by atoms with Crippen molar-refractivity contribution >= 4 is 27.5 Å². The second kappa shape index (κ2) is 8.82. The van der Waals surface area contributed by atoms with Crippen molar-refractivity contribution in [3.63, 3.8) is 0 Å². The van der Waals surface area contributed by atoms with Crippen molar-refractivity contribution in [3.05, 3.63) is 64.4 Å². The Morgan fingerprint density at radius 2 is 1.78 bits per heavy atom. The van der Waals surface area contributed by atoms with Crippen LogP contribution in [0.5, 0.6) is 0 Å². The van der Waals surface area contributed by atoms with E-state index >= 15 is 0 Å². The van der Waals surface area contributed by atoms with Gasteiger partial charge in [-0.05, 0) is 35.9 Å². The molecule has 0 bridgehead atoms. The Balaban J connectivity index is 2.32. The molecule has 0 heterocycles. The standard InChI is InChI=1S/C19H22ClFN2O3S/c1-4-23(5-2)27(25,26)18-12-15(9-10-17(18)21)19(24)22(3)13-14-7-6-8-16(20)11-14/h6-12H,4-5,13H2,1-3H3. The SMILES string of the molecule is CCN(CC)S(=O)(=O)c1cc(C(=O)N(C)Cc2cccc(Cl)c2)ccc1F. The average Bonchev–Trinajstić information content (AvgIpc) is 2.62. The third-order valence-corrected chi connectivity index (χ3v) is 6.46. The van der Waals surface area contributed by atoms with Crippen molar-refractivity contribution < 1.29 is 17.6 Å². The van der Waals surface area contributed by atoms with E-state index in [9.17, 15) is 17.6 Å². The van der Waals surface area contributed by atoms with Crippen LogP contribution < -0.4 is 0 Å². The molecule has 0 aliphatic rings. The van der Waals surface area contributed by atoms with Crippen LogP contribution in [0.25, 0.3) is 0 Å². The van der Waals surface area contributed by atoms with Gasteiger partial charge in [0, 0.05) is 37.3 Å². The fourth-order valence-electron chi connectivity index (χ4n) is 2.74. The minimum Gasteiger partial charge on any atom is -0.337 e. The van der Waals surface area contributed by atoms with Gasteiger partial charge in [-0.2, -0.15) is 4.31 Å². The molecule has 0 unspecified atom stereocenters. The normalized spacial score (nSPS) is 11.6. The van der Waals surface area contributed by atoms with E-state index < -0.39 is 26.6 Å². The zero-order valence-corrected chi connectivity index (χ0v) is 17.0. The lowest BCUT2D eigenvalue weighted by Gasteiger charge is -2.21. The van der Waals surface area contributed by atoms with Crippen molar-refractivity contribution in [3.8, 4) is 0 Å². The molecular weight excluding hydrogens is 391 g/mol. The maximum Gasteiger partial charge on any atom is 0.253 e. The van der Waals surface area contributed by atoms with Crippen LogP contribution in [-0.4, -0.2) is 43.7 Å². The van der Waals surface area contributed by atoms with Gasteiger partial charge in [0.15, 0.2) is 0 Å². The molecule has 5 nitrogen and oxygen atoms in total. The Labute approximate surface area is 164 Å². The van der Waals surface area contributed by atoms with Crippen molar-refractivity contribution in [2.45, 2.75) is 25.3 Å². The molecule has 0 aliphatic carbocycles. The van der Waals surface area contributed by atoms with E-state index in [-0.39, 0.29) is 25.2 Å². The number of hydrogen-bond donors (Lipinski definition) is 0. The molecule has 2 aromatic rings.